The minimum atomic E-state index is -4.28. The van der Waals surface area contributed by atoms with E-state index in [1.807, 2.05) is 4.90 Å². The SMILES string of the molecule is CN1c2cccc(C(F)(F)F)c2CC1CN. The Balaban J connectivity index is 2.49. The van der Waals surface area contributed by atoms with E-state index < -0.39 is 11.7 Å². The van der Waals surface area contributed by atoms with Gasteiger partial charge in [0, 0.05) is 25.3 Å². The van der Waals surface area contributed by atoms with Crippen LogP contribution in [0.4, 0.5) is 18.9 Å². The van der Waals surface area contributed by atoms with Crippen LogP contribution in [-0.2, 0) is 12.6 Å². The summed E-state index contributed by atoms with van der Waals surface area (Å²) >= 11 is 0. The summed E-state index contributed by atoms with van der Waals surface area (Å²) in [6.45, 7) is 0.364. The van der Waals surface area contributed by atoms with Gasteiger partial charge in [-0.15, -0.1) is 0 Å². The second kappa shape index (κ2) is 3.66. The molecule has 1 aliphatic rings. The Hall–Kier alpha value is -1.23. The highest BCUT2D eigenvalue weighted by atomic mass is 19.4. The van der Waals surface area contributed by atoms with E-state index in [9.17, 15) is 13.2 Å². The van der Waals surface area contributed by atoms with E-state index in [0.717, 1.165) is 6.07 Å². The summed E-state index contributed by atoms with van der Waals surface area (Å²) in [5, 5.41) is 0. The van der Waals surface area contributed by atoms with Gasteiger partial charge >= 0.3 is 6.18 Å². The van der Waals surface area contributed by atoms with Gasteiger partial charge in [0.2, 0.25) is 0 Å². The molecule has 0 aromatic heterocycles. The molecule has 2 nitrogen and oxygen atoms in total. The summed E-state index contributed by atoms with van der Waals surface area (Å²) in [6, 6.07) is 4.25. The molecule has 0 aliphatic carbocycles. The van der Waals surface area contributed by atoms with Crippen molar-refractivity contribution >= 4 is 5.69 Å². The van der Waals surface area contributed by atoms with Crippen LogP contribution in [0.2, 0.25) is 0 Å². The monoisotopic (exact) mass is 230 g/mol. The molecule has 0 bridgehead atoms. The summed E-state index contributed by atoms with van der Waals surface area (Å²) in [4.78, 5) is 1.82. The van der Waals surface area contributed by atoms with Crippen LogP contribution in [0.25, 0.3) is 0 Å². The van der Waals surface area contributed by atoms with E-state index in [1.54, 1.807) is 13.1 Å². The normalized spacial score (nSPS) is 20.1. The number of hydrogen-bond acceptors (Lipinski definition) is 2. The van der Waals surface area contributed by atoms with Crippen LogP contribution < -0.4 is 10.6 Å². The van der Waals surface area contributed by atoms with Crippen LogP contribution in [0.5, 0.6) is 0 Å². The Bertz CT molecular complexity index is 401. The number of fused-ring (bicyclic) bond motifs is 1. The molecule has 0 amide bonds. The van der Waals surface area contributed by atoms with Gasteiger partial charge in [-0.2, -0.15) is 13.2 Å². The quantitative estimate of drug-likeness (QED) is 0.799. The van der Waals surface area contributed by atoms with Crippen LogP contribution in [0, 0.1) is 0 Å². The van der Waals surface area contributed by atoms with Gasteiger partial charge in [-0.25, -0.2) is 0 Å². The van der Waals surface area contributed by atoms with Crippen molar-refractivity contribution in [3.8, 4) is 0 Å². The second-order valence-corrected chi connectivity index (χ2v) is 4.01. The molecular weight excluding hydrogens is 217 g/mol. The molecule has 0 radical (unpaired) electrons. The molecule has 1 aromatic carbocycles. The Morgan fingerprint density at radius 2 is 2.12 bits per heavy atom. The standard InChI is InChI=1S/C11H13F3N2/c1-16-7(6-15)5-8-9(11(12,13)14)3-2-4-10(8)16/h2-4,7H,5-6,15H2,1H3. The Kier molecular flexibility index (Phi) is 2.58. The van der Waals surface area contributed by atoms with Crippen molar-refractivity contribution in [1.29, 1.82) is 0 Å². The van der Waals surface area contributed by atoms with Gasteiger partial charge < -0.3 is 10.6 Å². The van der Waals surface area contributed by atoms with Gasteiger partial charge in [-0.05, 0) is 24.1 Å². The number of hydrogen-bond donors (Lipinski definition) is 1. The highest BCUT2D eigenvalue weighted by Gasteiger charge is 2.38. The van der Waals surface area contributed by atoms with Gasteiger partial charge in [0.1, 0.15) is 0 Å². The minimum Gasteiger partial charge on any atom is -0.370 e. The molecule has 88 valence electrons. The molecule has 5 heteroatoms. The van der Waals surface area contributed by atoms with E-state index in [0.29, 0.717) is 24.2 Å². The van der Waals surface area contributed by atoms with Crippen molar-refractivity contribution in [3.05, 3.63) is 29.3 Å². The molecule has 2 N–H and O–H groups in total. The molecule has 1 aliphatic heterocycles. The first kappa shape index (κ1) is 11.3. The van der Waals surface area contributed by atoms with Crippen LogP contribution in [0.1, 0.15) is 11.1 Å². The Labute approximate surface area is 91.8 Å². The fourth-order valence-electron chi connectivity index (χ4n) is 2.20. The summed E-state index contributed by atoms with van der Waals surface area (Å²) < 4.78 is 38.3. The summed E-state index contributed by atoms with van der Waals surface area (Å²) in [6.07, 6.45) is -3.91. The lowest BCUT2D eigenvalue weighted by Gasteiger charge is -2.20. The third-order valence-electron chi connectivity index (χ3n) is 3.10. The van der Waals surface area contributed by atoms with E-state index in [1.165, 1.54) is 6.07 Å². The van der Waals surface area contributed by atoms with Crippen LogP contribution in [0.15, 0.2) is 18.2 Å². The molecule has 0 fully saturated rings. The molecule has 16 heavy (non-hydrogen) atoms. The van der Waals surface area contributed by atoms with E-state index in [-0.39, 0.29) is 6.04 Å². The van der Waals surface area contributed by atoms with Gasteiger partial charge in [0.05, 0.1) is 5.56 Å². The van der Waals surface area contributed by atoms with Gasteiger partial charge in [0.25, 0.3) is 0 Å². The number of rotatable bonds is 1. The third kappa shape index (κ3) is 1.65. The molecular formula is C11H13F3N2. The van der Waals surface area contributed by atoms with Crippen molar-refractivity contribution in [2.75, 3.05) is 18.5 Å². The highest BCUT2D eigenvalue weighted by Crippen LogP contribution is 2.40. The van der Waals surface area contributed by atoms with Gasteiger partial charge in [-0.1, -0.05) is 6.07 Å². The van der Waals surface area contributed by atoms with Crippen LogP contribution in [-0.4, -0.2) is 19.6 Å². The van der Waals surface area contributed by atoms with Crippen molar-refractivity contribution < 1.29 is 13.2 Å². The molecule has 2 rings (SSSR count). The van der Waals surface area contributed by atoms with Crippen molar-refractivity contribution in [2.24, 2.45) is 5.73 Å². The smallest absolute Gasteiger partial charge is 0.370 e. The maximum absolute atomic E-state index is 12.8. The first-order chi connectivity index (χ1) is 7.45. The first-order valence-electron chi connectivity index (χ1n) is 5.07. The summed E-state index contributed by atoms with van der Waals surface area (Å²) in [5.41, 5.74) is 6.02. The van der Waals surface area contributed by atoms with Gasteiger partial charge in [-0.3, -0.25) is 0 Å². The third-order valence-corrected chi connectivity index (χ3v) is 3.10. The van der Waals surface area contributed by atoms with E-state index in [4.69, 9.17) is 5.73 Å². The lowest BCUT2D eigenvalue weighted by molar-refractivity contribution is -0.138. The molecule has 1 heterocycles. The van der Waals surface area contributed by atoms with Crippen molar-refractivity contribution in [3.63, 3.8) is 0 Å². The van der Waals surface area contributed by atoms with Crippen LogP contribution in [0.3, 0.4) is 0 Å². The fourth-order valence-corrected chi connectivity index (χ4v) is 2.20. The van der Waals surface area contributed by atoms with Crippen molar-refractivity contribution in [2.45, 2.75) is 18.6 Å². The zero-order chi connectivity index (χ0) is 11.9. The molecule has 0 saturated heterocycles. The topological polar surface area (TPSA) is 29.3 Å². The minimum absolute atomic E-state index is 0.0292. The van der Waals surface area contributed by atoms with E-state index in [2.05, 4.69) is 0 Å². The second-order valence-electron chi connectivity index (χ2n) is 4.01. The number of anilines is 1. The first-order valence-corrected chi connectivity index (χ1v) is 5.07. The van der Waals surface area contributed by atoms with Gasteiger partial charge in [0.15, 0.2) is 0 Å². The molecule has 0 saturated carbocycles. The number of halogens is 3. The summed E-state index contributed by atoms with van der Waals surface area (Å²) in [5.74, 6) is 0. The fraction of sp³-hybridized carbons (Fsp3) is 0.455. The Morgan fingerprint density at radius 3 is 2.69 bits per heavy atom. The predicted molar refractivity (Wildman–Crippen MR) is 56.4 cm³/mol. The zero-order valence-electron chi connectivity index (χ0n) is 8.88. The van der Waals surface area contributed by atoms with Crippen LogP contribution >= 0.6 is 0 Å². The number of benzene rings is 1. The number of alkyl halides is 3. The molecule has 1 atom stereocenters. The molecule has 1 unspecified atom stereocenters. The number of nitrogens with zero attached hydrogens (tertiary/aromatic N) is 1. The lowest BCUT2D eigenvalue weighted by atomic mass is 10.0. The number of nitrogens with two attached hydrogens (primary N) is 1. The maximum atomic E-state index is 12.8. The highest BCUT2D eigenvalue weighted by molar-refractivity contribution is 5.62. The van der Waals surface area contributed by atoms with Crippen molar-refractivity contribution in [1.82, 2.24) is 0 Å². The number of likely N-dealkylation sites (N-methyl/N-ethyl adjacent to an activating group) is 1. The lowest BCUT2D eigenvalue weighted by Crippen LogP contribution is -2.34. The summed E-state index contributed by atoms with van der Waals surface area (Å²) in [7, 11) is 1.78. The maximum Gasteiger partial charge on any atom is 0.416 e. The average molecular weight is 230 g/mol. The van der Waals surface area contributed by atoms with E-state index >= 15 is 0 Å². The molecule has 0 spiro atoms. The predicted octanol–water partition coefficient (Wildman–Crippen LogP) is 2.02. The largest absolute Gasteiger partial charge is 0.416 e. The zero-order valence-corrected chi connectivity index (χ0v) is 8.88. The Morgan fingerprint density at radius 1 is 1.44 bits per heavy atom. The molecule has 1 aromatic rings. The average Bonchev–Trinajstić information content (AvgIpc) is 2.54.